The van der Waals surface area contributed by atoms with Crippen LogP contribution in [0.25, 0.3) is 10.8 Å². The average molecular weight is 843 g/mol. The van der Waals surface area contributed by atoms with Crippen LogP contribution < -0.4 is 30.1 Å². The second-order valence-electron chi connectivity index (χ2n) is 16.8. The number of hydrogen-bond acceptors (Lipinski definition) is 9. The standard InChI is InChI=1S/C40H53F3N6O8S.4H2/c1-6-17-56-31-21-44-34(29-14-10-9-13-28(29)31)57-26-19-30-33(50)46-39(36(52)48-58(54,55)27-15-16-27)20-25(39)12-8-7-11-23(2)18-24(3)32(35(51)49(30)22-26)45-37(53)47-38(4,5)40(41,42)43;;;;/h8-10,12-14,21,23-27,30,32H,6-7,11,15-20,22H2,1-5H3,(H,46,50)(H,48,52)(H2,45,47,53);4*1H/b12-8-;;;;/t23-,24+,25+,26+,30-,32-,39+;;;;/m0..../s1. The third-order valence-corrected chi connectivity index (χ3v) is 13.3. The number of nitrogens with zero attached hydrogens (tertiary/aromatic N) is 2. The molecule has 0 radical (unpaired) electrons. The van der Waals surface area contributed by atoms with Gasteiger partial charge in [0.25, 0.3) is 5.91 Å². The van der Waals surface area contributed by atoms with E-state index in [-0.39, 0.29) is 36.9 Å². The summed E-state index contributed by atoms with van der Waals surface area (Å²) in [6, 6.07) is 3.40. The van der Waals surface area contributed by atoms with Gasteiger partial charge < -0.3 is 30.3 Å². The van der Waals surface area contributed by atoms with Crippen LogP contribution in [0.2, 0.25) is 0 Å². The number of fused-ring (bicyclic) bond motifs is 3. The summed E-state index contributed by atoms with van der Waals surface area (Å²) in [4.78, 5) is 62.0. The van der Waals surface area contributed by atoms with Crippen LogP contribution in [-0.4, -0.2) is 95.9 Å². The van der Waals surface area contributed by atoms with Crippen LogP contribution in [0.3, 0.4) is 0 Å². The van der Waals surface area contributed by atoms with Crippen molar-refractivity contribution in [2.75, 3.05) is 13.2 Å². The molecule has 14 nitrogen and oxygen atoms in total. The van der Waals surface area contributed by atoms with Crippen LogP contribution in [0.5, 0.6) is 11.6 Å². The SMILES string of the molecule is CCCOc1cnc(O[C@@H]2C[C@H]3C(=O)N[C@]4(C(=O)NS(=O)(=O)C5CC5)C[C@H]4/C=C\CC[C@H](C)C[C@@H](C)[C@H](NC(=O)NC(C)(C)C(F)(F)F)C(=O)N3C2)c2ccccc12.[HH].[HH].[HH].[HH]. The molecule has 0 spiro atoms. The van der Waals surface area contributed by atoms with Crippen LogP contribution in [-0.2, 0) is 24.4 Å². The summed E-state index contributed by atoms with van der Waals surface area (Å²) in [6.45, 7) is 7.54. The molecule has 2 saturated carbocycles. The van der Waals surface area contributed by atoms with Crippen LogP contribution >= 0.6 is 0 Å². The van der Waals surface area contributed by atoms with E-state index in [0.717, 1.165) is 25.7 Å². The molecule has 1 aromatic heterocycles. The number of ether oxygens (including phenoxy) is 2. The number of benzene rings is 1. The molecule has 4 aliphatic rings. The third kappa shape index (κ3) is 9.31. The fraction of sp³-hybridized carbons (Fsp3) is 0.625. The van der Waals surface area contributed by atoms with Crippen molar-refractivity contribution in [3.63, 3.8) is 0 Å². The summed E-state index contributed by atoms with van der Waals surface area (Å²) < 4.78 is 81.7. The summed E-state index contributed by atoms with van der Waals surface area (Å²) in [7, 11) is -3.97. The van der Waals surface area contributed by atoms with Gasteiger partial charge in [0.1, 0.15) is 35.0 Å². The van der Waals surface area contributed by atoms with Gasteiger partial charge in [0.2, 0.25) is 27.7 Å². The molecule has 58 heavy (non-hydrogen) atoms. The topological polar surface area (TPSA) is 185 Å². The Morgan fingerprint density at radius 2 is 1.79 bits per heavy atom. The summed E-state index contributed by atoms with van der Waals surface area (Å²) in [5.41, 5.74) is -4.25. The lowest BCUT2D eigenvalue weighted by Gasteiger charge is -2.34. The highest BCUT2D eigenvalue weighted by molar-refractivity contribution is 7.91. The van der Waals surface area contributed by atoms with E-state index in [2.05, 4.69) is 20.3 Å². The first-order valence-corrected chi connectivity index (χ1v) is 21.5. The fourth-order valence-corrected chi connectivity index (χ4v) is 9.11. The smallest absolute Gasteiger partial charge is 0.411 e. The molecule has 1 saturated heterocycles. The number of alkyl halides is 3. The number of nitrogens with one attached hydrogen (secondary N) is 4. The molecule has 6 rings (SSSR count). The van der Waals surface area contributed by atoms with E-state index in [9.17, 15) is 40.8 Å². The molecule has 2 aliphatic heterocycles. The first kappa shape index (κ1) is 43.0. The van der Waals surface area contributed by atoms with Crippen molar-refractivity contribution < 1.29 is 55.9 Å². The van der Waals surface area contributed by atoms with E-state index < -0.39 is 86.3 Å². The number of aromatic nitrogens is 1. The molecule has 5 amide bonds. The number of rotatable bonds is 10. The van der Waals surface area contributed by atoms with E-state index in [1.807, 2.05) is 37.4 Å². The predicted octanol–water partition coefficient (Wildman–Crippen LogP) is 5.86. The van der Waals surface area contributed by atoms with Crippen LogP contribution in [0.4, 0.5) is 18.0 Å². The number of sulfonamides is 1. The molecule has 326 valence electrons. The highest BCUT2D eigenvalue weighted by Crippen LogP contribution is 2.46. The zero-order valence-electron chi connectivity index (χ0n) is 33.4. The van der Waals surface area contributed by atoms with Gasteiger partial charge in [-0.05, 0) is 76.7 Å². The highest BCUT2D eigenvalue weighted by atomic mass is 32.2. The molecule has 1 aromatic carbocycles. The van der Waals surface area contributed by atoms with Crippen molar-refractivity contribution in [1.82, 2.24) is 30.6 Å². The minimum absolute atomic E-state index is 0. The van der Waals surface area contributed by atoms with Gasteiger partial charge in [-0.15, -0.1) is 0 Å². The summed E-state index contributed by atoms with van der Waals surface area (Å²) >= 11 is 0. The first-order chi connectivity index (χ1) is 27.3. The number of urea groups is 1. The molecule has 2 aromatic rings. The molecular weight excluding hydrogens is 782 g/mol. The normalized spacial score (nSPS) is 28.9. The monoisotopic (exact) mass is 842 g/mol. The lowest BCUT2D eigenvalue weighted by Crippen LogP contribution is -2.62. The number of pyridine rings is 1. The van der Waals surface area contributed by atoms with Crippen molar-refractivity contribution in [2.45, 2.75) is 127 Å². The largest absolute Gasteiger partial charge is 0.491 e. The average Bonchev–Trinajstić information content (AvgIpc) is 4.08. The maximum atomic E-state index is 14.8. The zero-order chi connectivity index (χ0) is 42.2. The van der Waals surface area contributed by atoms with Crippen molar-refractivity contribution in [1.29, 1.82) is 0 Å². The minimum atomic E-state index is -4.80. The Morgan fingerprint density at radius 1 is 1.09 bits per heavy atom. The Kier molecular flexibility index (Phi) is 12.3. The first-order valence-electron chi connectivity index (χ1n) is 19.9. The van der Waals surface area contributed by atoms with Crippen molar-refractivity contribution in [2.24, 2.45) is 17.8 Å². The Morgan fingerprint density at radius 3 is 2.47 bits per heavy atom. The molecular formula is C40H61F3N6O8S. The molecule has 2 aliphatic carbocycles. The van der Waals surface area contributed by atoms with E-state index in [1.165, 1.54) is 11.1 Å². The van der Waals surface area contributed by atoms with Crippen LogP contribution in [0.15, 0.2) is 42.6 Å². The number of allylic oxidation sites excluding steroid dienone is 1. The summed E-state index contributed by atoms with van der Waals surface area (Å²) in [5, 5.41) is 7.89. The number of amides is 5. The van der Waals surface area contributed by atoms with Gasteiger partial charge in [-0.3, -0.25) is 19.1 Å². The van der Waals surface area contributed by atoms with Gasteiger partial charge in [-0.2, -0.15) is 13.2 Å². The molecule has 18 heteroatoms. The zero-order valence-corrected chi connectivity index (χ0v) is 34.2. The Bertz CT molecular complexity index is 2060. The quantitative estimate of drug-likeness (QED) is 0.213. The fourth-order valence-electron chi connectivity index (χ4n) is 7.75. The molecule has 0 unspecified atom stereocenters. The van der Waals surface area contributed by atoms with Gasteiger partial charge in [0.05, 0.1) is 24.6 Å². The summed E-state index contributed by atoms with van der Waals surface area (Å²) in [6.07, 6.45) is 2.78. The highest BCUT2D eigenvalue weighted by Gasteiger charge is 2.62. The van der Waals surface area contributed by atoms with Gasteiger partial charge >= 0.3 is 12.2 Å². The Balaban J connectivity index is 0.00000331. The maximum absolute atomic E-state index is 14.8. The number of hydrogen-bond donors (Lipinski definition) is 4. The maximum Gasteiger partial charge on any atom is 0.411 e. The Labute approximate surface area is 342 Å². The second-order valence-corrected chi connectivity index (χ2v) is 18.7. The van der Waals surface area contributed by atoms with Crippen molar-refractivity contribution in [3.8, 4) is 11.6 Å². The van der Waals surface area contributed by atoms with Gasteiger partial charge in [-0.25, -0.2) is 18.2 Å². The van der Waals surface area contributed by atoms with Crippen molar-refractivity contribution in [3.05, 3.63) is 42.6 Å². The molecule has 3 heterocycles. The number of carbonyl (C=O) groups is 4. The van der Waals surface area contributed by atoms with Crippen LogP contribution in [0.1, 0.15) is 91.7 Å². The Hall–Kier alpha value is -4.61. The van der Waals surface area contributed by atoms with Crippen LogP contribution in [0, 0.1) is 17.8 Å². The van der Waals surface area contributed by atoms with Gasteiger partial charge in [0.15, 0.2) is 0 Å². The molecule has 0 bridgehead atoms. The van der Waals surface area contributed by atoms with Gasteiger partial charge in [0, 0.05) is 28.8 Å². The molecule has 7 atom stereocenters. The molecule has 4 N–H and O–H groups in total. The third-order valence-electron chi connectivity index (χ3n) is 11.5. The second kappa shape index (κ2) is 16.6. The van der Waals surface area contributed by atoms with E-state index >= 15 is 0 Å². The lowest BCUT2D eigenvalue weighted by molar-refractivity contribution is -0.182. The number of carbonyl (C=O) groups excluding carboxylic acids is 4. The van der Waals surface area contributed by atoms with E-state index in [1.54, 1.807) is 25.1 Å². The van der Waals surface area contributed by atoms with E-state index in [0.29, 0.717) is 49.8 Å². The summed E-state index contributed by atoms with van der Waals surface area (Å²) in [5.74, 6) is -2.75. The van der Waals surface area contributed by atoms with Gasteiger partial charge in [-0.1, -0.05) is 51.1 Å². The van der Waals surface area contributed by atoms with Crippen molar-refractivity contribution >= 4 is 44.5 Å². The number of halogens is 3. The predicted molar refractivity (Wildman–Crippen MR) is 216 cm³/mol. The minimum Gasteiger partial charge on any atom is -0.491 e. The lowest BCUT2D eigenvalue weighted by atomic mass is 9.88. The van der Waals surface area contributed by atoms with E-state index in [4.69, 9.17) is 9.47 Å². The molecule has 3 fully saturated rings.